The van der Waals surface area contributed by atoms with Gasteiger partial charge in [0.1, 0.15) is 5.01 Å². The molecular weight excluding hydrogens is 268 g/mol. The summed E-state index contributed by atoms with van der Waals surface area (Å²) in [4.78, 5) is 11.6. The summed E-state index contributed by atoms with van der Waals surface area (Å²) in [5, 5.41) is 1.31. The summed E-state index contributed by atoms with van der Waals surface area (Å²) >= 11 is 1.89. The standard InChI is InChI=1S/C15H24N4S/c1-15(2)7-10(16)13-11(8-15)17-14(20-13)12-9-18-3-5-19(12)6-4-18/h10,12H,3-9,16H2,1-2H3. The summed E-state index contributed by atoms with van der Waals surface area (Å²) < 4.78 is 0. The highest BCUT2D eigenvalue weighted by atomic mass is 32.1. The number of hydrogen-bond acceptors (Lipinski definition) is 5. The van der Waals surface area contributed by atoms with Crippen molar-refractivity contribution in [2.75, 3.05) is 32.7 Å². The second kappa shape index (κ2) is 4.50. The monoisotopic (exact) mass is 292 g/mol. The van der Waals surface area contributed by atoms with E-state index in [4.69, 9.17) is 10.7 Å². The largest absolute Gasteiger partial charge is 0.323 e. The maximum absolute atomic E-state index is 6.39. The van der Waals surface area contributed by atoms with E-state index in [-0.39, 0.29) is 6.04 Å². The van der Waals surface area contributed by atoms with Crippen molar-refractivity contribution in [2.24, 2.45) is 11.1 Å². The molecule has 110 valence electrons. The third kappa shape index (κ3) is 2.11. The molecule has 1 aliphatic carbocycles. The van der Waals surface area contributed by atoms with E-state index in [1.807, 2.05) is 11.3 Å². The van der Waals surface area contributed by atoms with Crippen LogP contribution in [0.1, 0.15) is 47.9 Å². The van der Waals surface area contributed by atoms with Crippen LogP contribution in [0, 0.1) is 5.41 Å². The SMILES string of the molecule is CC1(C)Cc2nc(C3CN4CCN3CC4)sc2C(N)C1. The lowest BCUT2D eigenvalue weighted by Gasteiger charge is -2.46. The van der Waals surface area contributed by atoms with Crippen LogP contribution in [0.3, 0.4) is 0 Å². The number of aromatic nitrogens is 1. The molecule has 3 saturated heterocycles. The highest BCUT2D eigenvalue weighted by molar-refractivity contribution is 7.12. The molecule has 0 spiro atoms. The molecule has 20 heavy (non-hydrogen) atoms. The number of rotatable bonds is 1. The smallest absolute Gasteiger partial charge is 0.112 e. The number of piperazine rings is 3. The second-order valence-electron chi connectivity index (χ2n) is 7.37. The van der Waals surface area contributed by atoms with Crippen LogP contribution in [0.25, 0.3) is 0 Å². The molecule has 0 radical (unpaired) electrons. The first-order valence-electron chi connectivity index (χ1n) is 7.73. The lowest BCUT2D eigenvalue weighted by molar-refractivity contribution is 0.0122. The van der Waals surface area contributed by atoms with Crippen molar-refractivity contribution in [3.63, 3.8) is 0 Å². The van der Waals surface area contributed by atoms with E-state index >= 15 is 0 Å². The van der Waals surface area contributed by atoms with Gasteiger partial charge in [-0.15, -0.1) is 11.3 Å². The highest BCUT2D eigenvalue weighted by Gasteiger charge is 2.38. The molecule has 4 heterocycles. The minimum Gasteiger partial charge on any atom is -0.323 e. The average molecular weight is 292 g/mol. The van der Waals surface area contributed by atoms with Crippen LogP contribution >= 0.6 is 11.3 Å². The van der Waals surface area contributed by atoms with E-state index in [1.165, 1.54) is 41.8 Å². The van der Waals surface area contributed by atoms with Crippen LogP contribution in [-0.2, 0) is 6.42 Å². The van der Waals surface area contributed by atoms with Gasteiger partial charge >= 0.3 is 0 Å². The topological polar surface area (TPSA) is 45.4 Å². The Kier molecular flexibility index (Phi) is 2.97. The zero-order valence-corrected chi connectivity index (χ0v) is 13.2. The van der Waals surface area contributed by atoms with E-state index in [0.29, 0.717) is 11.5 Å². The maximum atomic E-state index is 6.39. The Bertz CT molecular complexity index is 516. The molecule has 0 amide bonds. The summed E-state index contributed by atoms with van der Waals surface area (Å²) in [6.45, 7) is 10.6. The summed E-state index contributed by atoms with van der Waals surface area (Å²) in [6, 6.07) is 0.708. The van der Waals surface area contributed by atoms with Gasteiger partial charge in [0.05, 0.1) is 11.7 Å². The van der Waals surface area contributed by atoms with Crippen LogP contribution < -0.4 is 5.73 Å². The van der Waals surface area contributed by atoms with Crippen molar-refractivity contribution < 1.29 is 0 Å². The molecule has 2 bridgehead atoms. The molecule has 5 rings (SSSR count). The van der Waals surface area contributed by atoms with Gasteiger partial charge in [-0.3, -0.25) is 9.80 Å². The summed E-state index contributed by atoms with van der Waals surface area (Å²) in [7, 11) is 0. The number of fused-ring (bicyclic) bond motifs is 4. The van der Waals surface area contributed by atoms with Gasteiger partial charge in [-0.05, 0) is 18.3 Å². The Morgan fingerprint density at radius 2 is 2.00 bits per heavy atom. The Labute approximate surface area is 125 Å². The molecule has 3 fully saturated rings. The molecule has 0 saturated carbocycles. The van der Waals surface area contributed by atoms with Crippen molar-refractivity contribution in [1.82, 2.24) is 14.8 Å². The van der Waals surface area contributed by atoms with Crippen molar-refractivity contribution in [3.05, 3.63) is 15.6 Å². The number of hydrogen-bond donors (Lipinski definition) is 1. The van der Waals surface area contributed by atoms with Crippen molar-refractivity contribution in [1.29, 1.82) is 0 Å². The third-order valence-corrected chi connectivity index (χ3v) is 6.39. The van der Waals surface area contributed by atoms with E-state index in [9.17, 15) is 0 Å². The highest BCUT2D eigenvalue weighted by Crippen LogP contribution is 2.44. The molecule has 2 unspecified atom stereocenters. The zero-order chi connectivity index (χ0) is 13.9. The van der Waals surface area contributed by atoms with Gasteiger partial charge in [0.2, 0.25) is 0 Å². The molecule has 5 heteroatoms. The molecule has 0 aromatic carbocycles. The van der Waals surface area contributed by atoms with Crippen LogP contribution in [-0.4, -0.2) is 47.5 Å². The van der Waals surface area contributed by atoms with Crippen molar-refractivity contribution in [2.45, 2.75) is 38.8 Å². The van der Waals surface area contributed by atoms with Gasteiger partial charge in [0, 0.05) is 43.6 Å². The van der Waals surface area contributed by atoms with Gasteiger partial charge in [0.25, 0.3) is 0 Å². The van der Waals surface area contributed by atoms with Crippen LogP contribution in [0.2, 0.25) is 0 Å². The van der Waals surface area contributed by atoms with Gasteiger partial charge in [0.15, 0.2) is 0 Å². The fraction of sp³-hybridized carbons (Fsp3) is 0.800. The Hall–Kier alpha value is -0.490. The van der Waals surface area contributed by atoms with Gasteiger partial charge < -0.3 is 5.73 Å². The molecule has 4 nitrogen and oxygen atoms in total. The predicted molar refractivity (Wildman–Crippen MR) is 81.9 cm³/mol. The van der Waals surface area contributed by atoms with Crippen LogP contribution in [0.4, 0.5) is 0 Å². The van der Waals surface area contributed by atoms with Crippen molar-refractivity contribution in [3.8, 4) is 0 Å². The molecule has 1 aromatic heterocycles. The summed E-state index contributed by atoms with van der Waals surface area (Å²) in [5.74, 6) is 0. The first-order chi connectivity index (χ1) is 9.52. The minimum absolute atomic E-state index is 0.191. The first kappa shape index (κ1) is 13.2. The van der Waals surface area contributed by atoms with Gasteiger partial charge in [-0.1, -0.05) is 13.8 Å². The second-order valence-corrected chi connectivity index (χ2v) is 8.43. The van der Waals surface area contributed by atoms with Gasteiger partial charge in [-0.2, -0.15) is 0 Å². The Morgan fingerprint density at radius 1 is 1.25 bits per heavy atom. The van der Waals surface area contributed by atoms with E-state index in [2.05, 4.69) is 23.6 Å². The van der Waals surface area contributed by atoms with Gasteiger partial charge in [-0.25, -0.2) is 4.98 Å². The molecule has 4 aliphatic rings. The fourth-order valence-electron chi connectivity index (χ4n) is 4.01. The number of thiazole rings is 1. The van der Waals surface area contributed by atoms with E-state index < -0.39 is 0 Å². The quantitative estimate of drug-likeness (QED) is 0.857. The van der Waals surface area contributed by atoms with Crippen LogP contribution in [0.5, 0.6) is 0 Å². The summed E-state index contributed by atoms with van der Waals surface area (Å²) in [6.07, 6.45) is 2.17. The molecule has 2 atom stereocenters. The molecule has 3 aliphatic heterocycles. The average Bonchev–Trinajstić information content (AvgIpc) is 2.82. The minimum atomic E-state index is 0.191. The first-order valence-corrected chi connectivity index (χ1v) is 8.55. The Balaban J connectivity index is 1.65. The lowest BCUT2D eigenvalue weighted by Crippen LogP contribution is -2.56. The molecular formula is C15H24N4S. The zero-order valence-electron chi connectivity index (χ0n) is 12.4. The van der Waals surface area contributed by atoms with E-state index in [0.717, 1.165) is 19.4 Å². The molecule has 1 aromatic rings. The number of nitrogens with zero attached hydrogens (tertiary/aromatic N) is 3. The van der Waals surface area contributed by atoms with Crippen LogP contribution in [0.15, 0.2) is 0 Å². The maximum Gasteiger partial charge on any atom is 0.112 e. The summed E-state index contributed by atoms with van der Waals surface area (Å²) in [5.41, 5.74) is 7.97. The lowest BCUT2D eigenvalue weighted by atomic mass is 9.77. The number of nitrogens with two attached hydrogens (primary N) is 1. The fourth-order valence-corrected chi connectivity index (χ4v) is 5.22. The van der Waals surface area contributed by atoms with E-state index in [1.54, 1.807) is 0 Å². The Morgan fingerprint density at radius 3 is 2.65 bits per heavy atom. The molecule has 2 N–H and O–H groups in total. The van der Waals surface area contributed by atoms with Crippen molar-refractivity contribution >= 4 is 11.3 Å². The third-order valence-electron chi connectivity index (χ3n) is 5.06. The predicted octanol–water partition coefficient (Wildman–Crippen LogP) is 1.79. The normalized spacial score (nSPS) is 38.8.